The molecule has 154 valence electrons. The molecule has 1 fully saturated rings. The second kappa shape index (κ2) is 7.68. The molecule has 1 aliphatic rings. The van der Waals surface area contributed by atoms with E-state index in [1.165, 1.54) is 0 Å². The second-order valence-electron chi connectivity index (χ2n) is 6.86. The summed E-state index contributed by atoms with van der Waals surface area (Å²) >= 11 is 0. The molecule has 9 nitrogen and oxygen atoms in total. The van der Waals surface area contributed by atoms with Crippen molar-refractivity contribution in [2.75, 3.05) is 18.0 Å². The largest absolute Gasteiger partial charge is 0.453 e. The Kier molecular flexibility index (Phi) is 5.07. The summed E-state index contributed by atoms with van der Waals surface area (Å²) in [5.41, 5.74) is 1.14. The molecule has 0 aliphatic carbocycles. The first kappa shape index (κ1) is 19.2. The fourth-order valence-electron chi connectivity index (χ4n) is 3.32. The number of anilines is 1. The van der Waals surface area contributed by atoms with E-state index >= 15 is 0 Å². The van der Waals surface area contributed by atoms with Crippen LogP contribution in [0, 0.1) is 5.92 Å². The van der Waals surface area contributed by atoms with E-state index in [2.05, 4.69) is 30.5 Å². The highest BCUT2D eigenvalue weighted by Gasteiger charge is 2.36. The number of nitrogens with one attached hydrogen (secondary N) is 2. The number of carbonyl (C=O) groups is 1. The fourth-order valence-corrected chi connectivity index (χ4v) is 3.32. The van der Waals surface area contributed by atoms with E-state index in [-0.39, 0.29) is 30.6 Å². The summed E-state index contributed by atoms with van der Waals surface area (Å²) in [7, 11) is 0. The Morgan fingerprint density at radius 1 is 1.38 bits per heavy atom. The van der Waals surface area contributed by atoms with Gasteiger partial charge in [-0.05, 0) is 30.9 Å². The van der Waals surface area contributed by atoms with Gasteiger partial charge in [0.15, 0.2) is 5.58 Å². The van der Waals surface area contributed by atoms with Gasteiger partial charge in [-0.25, -0.2) is 9.97 Å². The molecule has 0 bridgehead atoms. The molecule has 2 N–H and O–H groups in total. The zero-order valence-electron chi connectivity index (χ0n) is 15.2. The summed E-state index contributed by atoms with van der Waals surface area (Å²) in [4.78, 5) is 26.1. The van der Waals surface area contributed by atoms with Gasteiger partial charge in [-0.1, -0.05) is 0 Å². The van der Waals surface area contributed by atoms with Crippen molar-refractivity contribution in [2.24, 2.45) is 5.92 Å². The topological polar surface area (TPSA) is 113 Å². The molecule has 0 spiro atoms. The standard InChI is InChI=1S/C17H18F3N7O2/c18-17(19,20)15-23-12(25-26-15)8-22-13(28)7-10-3-2-6-27(9-10)16-24-14-11(29-16)4-1-5-21-14/h1,4-5,10H,2-3,6-9H2,(H,22,28)(H,23,25,26). The SMILES string of the molecule is O=C(CC1CCCN(c2nc3ncccc3o2)C1)NCc1nc(C(F)(F)F)n[nH]1. The van der Waals surface area contributed by atoms with Crippen LogP contribution in [0.1, 0.15) is 30.9 Å². The molecule has 1 saturated heterocycles. The van der Waals surface area contributed by atoms with Gasteiger partial charge in [-0.15, -0.1) is 5.10 Å². The average molecular weight is 409 g/mol. The number of H-pyrrole nitrogens is 1. The number of fused-ring (bicyclic) bond motifs is 1. The monoisotopic (exact) mass is 409 g/mol. The van der Waals surface area contributed by atoms with Gasteiger partial charge in [-0.2, -0.15) is 18.2 Å². The number of aromatic nitrogens is 5. The maximum atomic E-state index is 12.5. The Labute approximate surface area is 162 Å². The van der Waals surface area contributed by atoms with E-state index in [1.54, 1.807) is 18.3 Å². The number of oxazole rings is 1. The highest BCUT2D eigenvalue weighted by atomic mass is 19.4. The number of carbonyl (C=O) groups excluding carboxylic acids is 1. The number of hydrogen-bond donors (Lipinski definition) is 2. The number of piperidine rings is 1. The summed E-state index contributed by atoms with van der Waals surface area (Å²) in [5, 5.41) is 7.86. The van der Waals surface area contributed by atoms with Crippen molar-refractivity contribution in [3.8, 4) is 0 Å². The van der Waals surface area contributed by atoms with E-state index in [1.807, 2.05) is 4.90 Å². The Morgan fingerprint density at radius 3 is 3.00 bits per heavy atom. The quantitative estimate of drug-likeness (QED) is 0.665. The lowest BCUT2D eigenvalue weighted by atomic mass is 9.95. The van der Waals surface area contributed by atoms with E-state index < -0.39 is 12.0 Å². The van der Waals surface area contributed by atoms with Gasteiger partial charge in [-0.3, -0.25) is 9.89 Å². The summed E-state index contributed by atoms with van der Waals surface area (Å²) < 4.78 is 43.2. The third-order valence-corrected chi connectivity index (χ3v) is 4.66. The molecule has 1 aliphatic heterocycles. The highest BCUT2D eigenvalue weighted by Crippen LogP contribution is 2.27. The van der Waals surface area contributed by atoms with Gasteiger partial charge < -0.3 is 14.6 Å². The molecule has 1 amide bonds. The first-order valence-corrected chi connectivity index (χ1v) is 9.10. The number of amides is 1. The van der Waals surface area contributed by atoms with Crippen molar-refractivity contribution < 1.29 is 22.4 Å². The van der Waals surface area contributed by atoms with Gasteiger partial charge in [0.05, 0.1) is 6.54 Å². The summed E-state index contributed by atoms with van der Waals surface area (Å²) in [6, 6.07) is 4.04. The van der Waals surface area contributed by atoms with Gasteiger partial charge in [0.25, 0.3) is 11.8 Å². The lowest BCUT2D eigenvalue weighted by Crippen LogP contribution is -2.38. The molecular formula is C17H18F3N7O2. The van der Waals surface area contributed by atoms with Gasteiger partial charge in [0.1, 0.15) is 5.82 Å². The minimum absolute atomic E-state index is 0.0464. The maximum absolute atomic E-state index is 12.5. The van der Waals surface area contributed by atoms with Crippen molar-refractivity contribution >= 4 is 23.2 Å². The van der Waals surface area contributed by atoms with Crippen LogP contribution < -0.4 is 10.2 Å². The van der Waals surface area contributed by atoms with Crippen LogP contribution in [0.25, 0.3) is 11.2 Å². The zero-order valence-corrected chi connectivity index (χ0v) is 15.2. The van der Waals surface area contributed by atoms with Gasteiger partial charge in [0.2, 0.25) is 11.6 Å². The molecule has 1 unspecified atom stereocenters. The maximum Gasteiger partial charge on any atom is 0.453 e. The van der Waals surface area contributed by atoms with E-state index in [9.17, 15) is 18.0 Å². The van der Waals surface area contributed by atoms with Crippen LogP contribution in [0.3, 0.4) is 0 Å². The third-order valence-electron chi connectivity index (χ3n) is 4.66. The Balaban J connectivity index is 1.30. The minimum Gasteiger partial charge on any atom is -0.422 e. The molecule has 0 radical (unpaired) electrons. The number of nitrogens with zero attached hydrogens (tertiary/aromatic N) is 5. The second-order valence-corrected chi connectivity index (χ2v) is 6.86. The first-order valence-electron chi connectivity index (χ1n) is 9.10. The van der Waals surface area contributed by atoms with Crippen molar-refractivity contribution in [3.05, 3.63) is 30.0 Å². The molecule has 3 aromatic rings. The minimum atomic E-state index is -4.62. The smallest absolute Gasteiger partial charge is 0.422 e. The number of aromatic amines is 1. The Morgan fingerprint density at radius 2 is 2.24 bits per heavy atom. The van der Waals surface area contributed by atoms with Crippen LogP contribution in [0.5, 0.6) is 0 Å². The van der Waals surface area contributed by atoms with Crippen LogP contribution >= 0.6 is 0 Å². The van der Waals surface area contributed by atoms with Crippen molar-refractivity contribution in [1.82, 2.24) is 30.5 Å². The summed E-state index contributed by atoms with van der Waals surface area (Å²) in [6.45, 7) is 1.22. The van der Waals surface area contributed by atoms with Gasteiger partial charge >= 0.3 is 6.18 Å². The van der Waals surface area contributed by atoms with Crippen LogP contribution in [-0.4, -0.2) is 44.1 Å². The molecule has 0 saturated carbocycles. The fraction of sp³-hybridized carbons (Fsp3) is 0.471. The molecule has 29 heavy (non-hydrogen) atoms. The molecule has 4 rings (SSSR count). The number of hydrogen-bond acceptors (Lipinski definition) is 7. The predicted octanol–water partition coefficient (Wildman–Crippen LogP) is 2.28. The lowest BCUT2D eigenvalue weighted by Gasteiger charge is -2.31. The predicted molar refractivity (Wildman–Crippen MR) is 94.6 cm³/mol. The summed E-state index contributed by atoms with van der Waals surface area (Å²) in [5.74, 6) is -1.49. The van der Waals surface area contributed by atoms with Gasteiger partial charge in [0, 0.05) is 25.7 Å². The number of rotatable bonds is 5. The van der Waals surface area contributed by atoms with Crippen LogP contribution in [0.2, 0.25) is 0 Å². The van der Waals surface area contributed by atoms with E-state index in [0.717, 1.165) is 19.4 Å². The van der Waals surface area contributed by atoms with Crippen LogP contribution in [0.15, 0.2) is 22.7 Å². The Hall–Kier alpha value is -3.18. The number of halogens is 3. The zero-order chi connectivity index (χ0) is 20.4. The molecule has 1 atom stereocenters. The van der Waals surface area contributed by atoms with E-state index in [4.69, 9.17) is 4.42 Å². The van der Waals surface area contributed by atoms with Crippen molar-refractivity contribution in [1.29, 1.82) is 0 Å². The average Bonchev–Trinajstić information content (AvgIpc) is 3.33. The number of alkyl halides is 3. The normalized spacial score (nSPS) is 17.6. The summed E-state index contributed by atoms with van der Waals surface area (Å²) in [6.07, 6.45) is -0.992. The van der Waals surface area contributed by atoms with Crippen LogP contribution in [0.4, 0.5) is 19.2 Å². The van der Waals surface area contributed by atoms with Crippen molar-refractivity contribution in [3.63, 3.8) is 0 Å². The molecule has 12 heteroatoms. The molecule has 3 aromatic heterocycles. The molecule has 0 aromatic carbocycles. The van der Waals surface area contributed by atoms with E-state index in [0.29, 0.717) is 23.8 Å². The first-order chi connectivity index (χ1) is 13.9. The number of pyridine rings is 1. The third kappa shape index (κ3) is 4.46. The molecular weight excluding hydrogens is 391 g/mol. The lowest BCUT2D eigenvalue weighted by molar-refractivity contribution is -0.144. The molecule has 4 heterocycles. The van der Waals surface area contributed by atoms with Crippen molar-refractivity contribution in [2.45, 2.75) is 32.0 Å². The highest BCUT2D eigenvalue weighted by molar-refractivity contribution is 5.76. The van der Waals surface area contributed by atoms with Crippen LogP contribution in [-0.2, 0) is 17.5 Å². The Bertz CT molecular complexity index is 967.